The Kier molecular flexibility index (Phi) is 4.11. The highest BCUT2D eigenvalue weighted by Crippen LogP contribution is 2.38. The van der Waals surface area contributed by atoms with Gasteiger partial charge in [-0.15, -0.1) is 0 Å². The fourth-order valence-corrected chi connectivity index (χ4v) is 3.65. The van der Waals surface area contributed by atoms with Crippen molar-refractivity contribution in [3.63, 3.8) is 0 Å². The van der Waals surface area contributed by atoms with Crippen molar-refractivity contribution in [3.05, 3.63) is 29.8 Å². The van der Waals surface area contributed by atoms with Gasteiger partial charge in [0.2, 0.25) is 0 Å². The molecule has 0 spiro atoms. The molecule has 2 aliphatic heterocycles. The average molecular weight is 298 g/mol. The number of piperidine rings is 1. The van der Waals surface area contributed by atoms with Crippen molar-refractivity contribution in [2.45, 2.75) is 37.9 Å². The molecule has 0 amide bonds. The molecule has 0 aromatic heterocycles. The second kappa shape index (κ2) is 5.87. The van der Waals surface area contributed by atoms with E-state index in [0.717, 1.165) is 32.5 Å². The molecule has 21 heavy (non-hydrogen) atoms. The third kappa shape index (κ3) is 3.18. The van der Waals surface area contributed by atoms with Gasteiger partial charge < -0.3 is 10.2 Å². The molecule has 2 nitrogen and oxygen atoms in total. The Morgan fingerprint density at radius 1 is 1.05 bits per heavy atom. The van der Waals surface area contributed by atoms with Crippen LogP contribution < -0.4 is 10.2 Å². The lowest BCUT2D eigenvalue weighted by Crippen LogP contribution is -2.41. The molecule has 2 aliphatic rings. The first-order valence-corrected chi connectivity index (χ1v) is 7.70. The maximum absolute atomic E-state index is 13.1. The highest BCUT2D eigenvalue weighted by Gasteiger charge is 2.36. The van der Waals surface area contributed by atoms with Crippen molar-refractivity contribution in [2.75, 3.05) is 24.5 Å². The van der Waals surface area contributed by atoms with Crippen LogP contribution >= 0.6 is 0 Å². The van der Waals surface area contributed by atoms with E-state index in [0.29, 0.717) is 17.6 Å². The van der Waals surface area contributed by atoms with Crippen molar-refractivity contribution in [2.24, 2.45) is 5.92 Å². The topological polar surface area (TPSA) is 15.3 Å². The van der Waals surface area contributed by atoms with E-state index in [-0.39, 0.29) is 0 Å². The first-order chi connectivity index (χ1) is 10.1. The van der Waals surface area contributed by atoms with Crippen LogP contribution in [0.2, 0.25) is 0 Å². The molecule has 0 saturated carbocycles. The number of rotatable bonds is 2. The third-order valence-corrected chi connectivity index (χ3v) is 4.76. The third-order valence-electron chi connectivity index (χ3n) is 4.76. The van der Waals surface area contributed by atoms with Crippen LogP contribution in [-0.2, 0) is 6.18 Å². The van der Waals surface area contributed by atoms with E-state index >= 15 is 0 Å². The van der Waals surface area contributed by atoms with Crippen LogP contribution in [0.3, 0.4) is 0 Å². The van der Waals surface area contributed by atoms with E-state index < -0.39 is 11.7 Å². The molecule has 1 unspecified atom stereocenters. The second-order valence-electron chi connectivity index (χ2n) is 6.04. The van der Waals surface area contributed by atoms with Gasteiger partial charge in [-0.25, -0.2) is 0 Å². The Morgan fingerprint density at radius 2 is 1.76 bits per heavy atom. The van der Waals surface area contributed by atoms with Gasteiger partial charge in [0, 0.05) is 24.8 Å². The predicted octanol–water partition coefficient (Wildman–Crippen LogP) is 3.67. The molecule has 116 valence electrons. The Bertz CT molecular complexity index is 473. The molecule has 1 aromatic rings. The van der Waals surface area contributed by atoms with Crippen molar-refractivity contribution in [1.82, 2.24) is 5.32 Å². The van der Waals surface area contributed by atoms with Gasteiger partial charge in [0.05, 0.1) is 5.56 Å². The standard InChI is InChI=1S/C16H21F3N2/c17-16(18,19)13-4-1-2-6-15(13)21-10-7-12(8-11-21)14-5-3-9-20-14/h1-2,4,6,12,14,20H,3,5,7-11H2. The summed E-state index contributed by atoms with van der Waals surface area (Å²) in [6, 6.07) is 6.50. The van der Waals surface area contributed by atoms with E-state index in [2.05, 4.69) is 5.32 Å². The SMILES string of the molecule is FC(F)(F)c1ccccc1N1CCC(C2CCCN2)CC1. The minimum absolute atomic E-state index is 0.336. The van der Waals surface area contributed by atoms with Crippen LogP contribution in [0.15, 0.2) is 24.3 Å². The number of hydrogen-bond acceptors (Lipinski definition) is 2. The van der Waals surface area contributed by atoms with E-state index in [1.165, 1.54) is 25.0 Å². The number of para-hydroxylation sites is 1. The zero-order valence-corrected chi connectivity index (χ0v) is 12.0. The molecule has 2 heterocycles. The first-order valence-electron chi connectivity index (χ1n) is 7.70. The quantitative estimate of drug-likeness (QED) is 0.896. The van der Waals surface area contributed by atoms with Gasteiger partial charge in [0.1, 0.15) is 0 Å². The van der Waals surface area contributed by atoms with Gasteiger partial charge in [-0.3, -0.25) is 0 Å². The lowest BCUT2D eigenvalue weighted by Gasteiger charge is -2.37. The van der Waals surface area contributed by atoms with Gasteiger partial charge in [0.25, 0.3) is 0 Å². The molecule has 0 radical (unpaired) electrons. The Labute approximate surface area is 123 Å². The number of alkyl halides is 3. The maximum atomic E-state index is 13.1. The number of benzene rings is 1. The lowest BCUT2D eigenvalue weighted by atomic mass is 9.88. The number of nitrogens with zero attached hydrogens (tertiary/aromatic N) is 1. The number of halogens is 3. The molecule has 5 heteroatoms. The van der Waals surface area contributed by atoms with Crippen LogP contribution in [-0.4, -0.2) is 25.7 Å². The summed E-state index contributed by atoms with van der Waals surface area (Å²) in [5.74, 6) is 0.613. The molecular formula is C16H21F3N2. The minimum atomic E-state index is -4.28. The van der Waals surface area contributed by atoms with E-state index in [1.807, 2.05) is 4.90 Å². The lowest BCUT2D eigenvalue weighted by molar-refractivity contribution is -0.137. The summed E-state index contributed by atoms with van der Waals surface area (Å²) in [7, 11) is 0. The van der Waals surface area contributed by atoms with Crippen molar-refractivity contribution < 1.29 is 13.2 Å². The summed E-state index contributed by atoms with van der Waals surface area (Å²) < 4.78 is 39.3. The number of nitrogens with one attached hydrogen (secondary N) is 1. The van der Waals surface area contributed by atoms with Crippen molar-refractivity contribution in [3.8, 4) is 0 Å². The summed E-state index contributed by atoms with van der Waals surface area (Å²) in [6.07, 6.45) is 0.111. The zero-order chi connectivity index (χ0) is 14.9. The largest absolute Gasteiger partial charge is 0.418 e. The molecule has 1 atom stereocenters. The van der Waals surface area contributed by atoms with E-state index in [1.54, 1.807) is 12.1 Å². The van der Waals surface area contributed by atoms with Gasteiger partial charge in [-0.05, 0) is 50.3 Å². The Balaban J connectivity index is 1.69. The highest BCUT2D eigenvalue weighted by molar-refractivity contribution is 5.55. The molecule has 1 aromatic carbocycles. The smallest absolute Gasteiger partial charge is 0.371 e. The molecular weight excluding hydrogens is 277 g/mol. The van der Waals surface area contributed by atoms with Gasteiger partial charge in [-0.1, -0.05) is 12.1 Å². The van der Waals surface area contributed by atoms with Crippen LogP contribution in [0.4, 0.5) is 18.9 Å². The number of anilines is 1. The van der Waals surface area contributed by atoms with Gasteiger partial charge >= 0.3 is 6.18 Å². The highest BCUT2D eigenvalue weighted by atomic mass is 19.4. The van der Waals surface area contributed by atoms with Crippen LogP contribution in [0, 0.1) is 5.92 Å². The van der Waals surface area contributed by atoms with Crippen LogP contribution in [0.5, 0.6) is 0 Å². The van der Waals surface area contributed by atoms with Crippen molar-refractivity contribution in [1.29, 1.82) is 0 Å². The van der Waals surface area contributed by atoms with E-state index in [9.17, 15) is 13.2 Å². The fraction of sp³-hybridized carbons (Fsp3) is 0.625. The first kappa shape index (κ1) is 14.7. The molecule has 2 saturated heterocycles. The summed E-state index contributed by atoms with van der Waals surface area (Å²) in [5.41, 5.74) is -0.176. The predicted molar refractivity (Wildman–Crippen MR) is 77.4 cm³/mol. The summed E-state index contributed by atoms with van der Waals surface area (Å²) >= 11 is 0. The minimum Gasteiger partial charge on any atom is -0.371 e. The summed E-state index contributed by atoms with van der Waals surface area (Å²) in [5, 5.41) is 3.52. The average Bonchev–Trinajstić information content (AvgIpc) is 3.01. The summed E-state index contributed by atoms with van der Waals surface area (Å²) in [4.78, 5) is 1.90. The molecule has 3 rings (SSSR count). The maximum Gasteiger partial charge on any atom is 0.418 e. The fourth-order valence-electron chi connectivity index (χ4n) is 3.65. The monoisotopic (exact) mass is 298 g/mol. The number of hydrogen-bond donors (Lipinski definition) is 1. The zero-order valence-electron chi connectivity index (χ0n) is 12.0. The van der Waals surface area contributed by atoms with Crippen LogP contribution in [0.25, 0.3) is 0 Å². The van der Waals surface area contributed by atoms with Gasteiger partial charge in [-0.2, -0.15) is 13.2 Å². The Morgan fingerprint density at radius 3 is 2.38 bits per heavy atom. The summed E-state index contributed by atoms with van der Waals surface area (Å²) in [6.45, 7) is 2.52. The van der Waals surface area contributed by atoms with Crippen molar-refractivity contribution >= 4 is 5.69 Å². The molecule has 0 aliphatic carbocycles. The molecule has 0 bridgehead atoms. The van der Waals surface area contributed by atoms with Crippen LogP contribution in [0.1, 0.15) is 31.2 Å². The second-order valence-corrected chi connectivity index (χ2v) is 6.04. The van der Waals surface area contributed by atoms with E-state index in [4.69, 9.17) is 0 Å². The normalized spacial score (nSPS) is 24.5. The Hall–Kier alpha value is -1.23. The van der Waals surface area contributed by atoms with Gasteiger partial charge in [0.15, 0.2) is 0 Å². The molecule has 1 N–H and O–H groups in total. The molecule has 2 fully saturated rings.